The van der Waals surface area contributed by atoms with Crippen molar-refractivity contribution in [1.29, 1.82) is 0 Å². The first-order valence-corrected chi connectivity index (χ1v) is 13.8. The molecule has 10 heteroatoms. The molecule has 0 heterocycles. The van der Waals surface area contributed by atoms with E-state index >= 15 is 0 Å². The van der Waals surface area contributed by atoms with Gasteiger partial charge in [-0.1, -0.05) is 57.8 Å². The van der Waals surface area contributed by atoms with Crippen LogP contribution in [0, 0.1) is 0 Å². The molecule has 218 valence electrons. The number of anilines is 3. The van der Waals surface area contributed by atoms with Gasteiger partial charge in [-0.15, -0.1) is 0 Å². The summed E-state index contributed by atoms with van der Waals surface area (Å²) in [4.78, 5) is 47.0. The van der Waals surface area contributed by atoms with E-state index in [1.807, 2.05) is 65.6 Å². The number of benzene rings is 4. The van der Waals surface area contributed by atoms with E-state index < -0.39 is 11.9 Å². The molecule has 4 rings (SSSR count). The average Bonchev–Trinajstić information content (AvgIpc) is 2.99. The summed E-state index contributed by atoms with van der Waals surface area (Å²) in [6.45, 7) is 6.07. The summed E-state index contributed by atoms with van der Waals surface area (Å²) < 4.78 is 0. The van der Waals surface area contributed by atoms with Crippen LogP contribution in [0.3, 0.4) is 0 Å². The fraction of sp³-hybridized carbons (Fsp3) is 0.121. The number of hydrogen-bond donors (Lipinski definition) is 0. The molecule has 0 amide bonds. The lowest BCUT2D eigenvalue weighted by atomic mass is 10.0. The van der Waals surface area contributed by atoms with Crippen LogP contribution in [0.25, 0.3) is 0 Å². The van der Waals surface area contributed by atoms with Crippen LogP contribution in [0.5, 0.6) is 0 Å². The first-order chi connectivity index (χ1) is 20.5. The van der Waals surface area contributed by atoms with E-state index in [1.165, 1.54) is 19.9 Å². The second kappa shape index (κ2) is 13.9. The first-order valence-electron chi connectivity index (χ1n) is 13.1. The Kier molecular flexibility index (Phi) is 10.1. The maximum absolute atomic E-state index is 13.2. The Morgan fingerprint density at radius 1 is 0.581 bits per heavy atom. The summed E-state index contributed by atoms with van der Waals surface area (Å²) in [5.41, 5.74) is 5.90. The molecule has 0 saturated heterocycles. The molecule has 0 spiro atoms. The smallest absolute Gasteiger partial charge is 0.318 e. The third-order valence-electron chi connectivity index (χ3n) is 6.27. The number of halogens is 2. The third-order valence-corrected chi connectivity index (χ3v) is 6.82. The van der Waals surface area contributed by atoms with Crippen LogP contribution < -0.4 is 4.90 Å². The molecule has 8 nitrogen and oxygen atoms in total. The van der Waals surface area contributed by atoms with Gasteiger partial charge in [0.25, 0.3) is 0 Å². The zero-order chi connectivity index (χ0) is 31.1. The molecular weight excluding hydrogens is 589 g/mol. The topological polar surface area (TPSA) is 97.6 Å². The summed E-state index contributed by atoms with van der Waals surface area (Å²) in [6, 6.07) is 27.1. The van der Waals surface area contributed by atoms with Crippen molar-refractivity contribution < 1.29 is 24.1 Å². The van der Waals surface area contributed by atoms with E-state index in [0.29, 0.717) is 27.6 Å². The van der Waals surface area contributed by atoms with Gasteiger partial charge in [0.2, 0.25) is 0 Å². The highest BCUT2D eigenvalue weighted by Crippen LogP contribution is 2.35. The second-order valence-electron chi connectivity index (χ2n) is 9.45. The molecule has 0 aromatic heterocycles. The number of carbonyl (C=O) groups excluding carboxylic acids is 3. The molecule has 0 aliphatic heterocycles. The van der Waals surface area contributed by atoms with Crippen molar-refractivity contribution in [2.45, 2.75) is 27.7 Å². The van der Waals surface area contributed by atoms with Gasteiger partial charge in [0.1, 0.15) is 0 Å². The molecular formula is C33H27Cl2N3O5. The van der Waals surface area contributed by atoms with Gasteiger partial charge in [0.15, 0.2) is 5.78 Å². The molecule has 0 unspecified atom stereocenters. The van der Waals surface area contributed by atoms with Crippen LogP contribution in [-0.2, 0) is 19.3 Å². The molecule has 0 aliphatic rings. The van der Waals surface area contributed by atoms with Crippen molar-refractivity contribution in [3.63, 3.8) is 0 Å². The van der Waals surface area contributed by atoms with Crippen molar-refractivity contribution in [3.8, 4) is 0 Å². The van der Waals surface area contributed by atoms with Crippen molar-refractivity contribution >= 4 is 69.4 Å². The predicted molar refractivity (Wildman–Crippen MR) is 169 cm³/mol. The van der Waals surface area contributed by atoms with E-state index in [4.69, 9.17) is 32.9 Å². The fourth-order valence-electron chi connectivity index (χ4n) is 4.11. The summed E-state index contributed by atoms with van der Waals surface area (Å²) in [6.07, 6.45) is 0. The van der Waals surface area contributed by atoms with Crippen LogP contribution in [-0.4, -0.2) is 29.1 Å². The van der Waals surface area contributed by atoms with E-state index in [2.05, 4.69) is 10.3 Å². The van der Waals surface area contributed by atoms with Crippen LogP contribution in [0.4, 0.5) is 17.1 Å². The average molecular weight is 617 g/mol. The third kappa shape index (κ3) is 7.94. The minimum absolute atomic E-state index is 0.224. The first kappa shape index (κ1) is 31.2. The molecule has 0 aliphatic carbocycles. The van der Waals surface area contributed by atoms with E-state index in [-0.39, 0.29) is 10.8 Å². The number of rotatable bonds is 9. The molecule has 0 N–H and O–H groups in total. The Hall–Kier alpha value is -4.79. The van der Waals surface area contributed by atoms with Gasteiger partial charge < -0.3 is 14.6 Å². The summed E-state index contributed by atoms with van der Waals surface area (Å²) in [5.74, 6) is -1.23. The molecule has 0 saturated carbocycles. The van der Waals surface area contributed by atoms with E-state index in [1.54, 1.807) is 38.1 Å². The zero-order valence-electron chi connectivity index (χ0n) is 23.8. The Morgan fingerprint density at radius 3 is 1.35 bits per heavy atom. The van der Waals surface area contributed by atoms with Gasteiger partial charge >= 0.3 is 11.9 Å². The van der Waals surface area contributed by atoms with Gasteiger partial charge in [0, 0.05) is 47.1 Å². The Balaban J connectivity index is 1.71. The van der Waals surface area contributed by atoms with Gasteiger partial charge in [-0.3, -0.25) is 4.79 Å². The summed E-state index contributed by atoms with van der Waals surface area (Å²) in [5, 5.41) is 8.45. The zero-order valence-corrected chi connectivity index (χ0v) is 25.3. The fourth-order valence-corrected chi connectivity index (χ4v) is 4.61. The Labute approximate surface area is 259 Å². The second-order valence-corrected chi connectivity index (χ2v) is 10.3. The van der Waals surface area contributed by atoms with Crippen molar-refractivity contribution in [2.24, 2.45) is 10.3 Å². The number of oxime groups is 2. The van der Waals surface area contributed by atoms with E-state index in [9.17, 15) is 14.4 Å². The highest BCUT2D eigenvalue weighted by molar-refractivity contribution is 6.37. The van der Waals surface area contributed by atoms with E-state index in [0.717, 1.165) is 28.2 Å². The summed E-state index contributed by atoms with van der Waals surface area (Å²) in [7, 11) is 0. The lowest BCUT2D eigenvalue weighted by molar-refractivity contribution is -0.141. The van der Waals surface area contributed by atoms with Crippen LogP contribution in [0.1, 0.15) is 54.7 Å². The molecule has 4 aromatic rings. The summed E-state index contributed by atoms with van der Waals surface area (Å²) >= 11 is 12.3. The minimum Gasteiger partial charge on any atom is -0.318 e. The maximum Gasteiger partial charge on any atom is 0.331 e. The minimum atomic E-state index is -0.501. The number of nitrogens with zero attached hydrogens (tertiary/aromatic N) is 3. The quantitative estimate of drug-likeness (QED) is 0.0813. The van der Waals surface area contributed by atoms with Crippen molar-refractivity contribution in [1.82, 2.24) is 0 Å². The lowest BCUT2D eigenvalue weighted by Crippen LogP contribution is -2.11. The number of ketones is 1. The molecule has 43 heavy (non-hydrogen) atoms. The largest absolute Gasteiger partial charge is 0.331 e. The SMILES string of the molecule is CC(=O)ON=C(C)c1ccc(N(c2ccc(C(=O)c3ccc(Cl)cc3Cl)cc2)c2ccc(/C(C)=N/OC(C)=O)cc2)cc1. The van der Waals surface area contributed by atoms with Gasteiger partial charge in [-0.2, -0.15) is 0 Å². The Morgan fingerprint density at radius 2 is 0.977 bits per heavy atom. The van der Waals surface area contributed by atoms with Gasteiger partial charge in [0.05, 0.1) is 16.4 Å². The predicted octanol–water partition coefficient (Wildman–Crippen LogP) is 8.27. The van der Waals surface area contributed by atoms with Crippen LogP contribution >= 0.6 is 23.2 Å². The van der Waals surface area contributed by atoms with Crippen LogP contribution in [0.2, 0.25) is 10.0 Å². The highest BCUT2D eigenvalue weighted by atomic mass is 35.5. The van der Waals surface area contributed by atoms with Crippen molar-refractivity contribution in [2.75, 3.05) is 4.90 Å². The van der Waals surface area contributed by atoms with Gasteiger partial charge in [-0.05, 0) is 91.7 Å². The molecule has 4 aromatic carbocycles. The lowest BCUT2D eigenvalue weighted by Gasteiger charge is -2.26. The number of carbonyl (C=O) groups is 3. The van der Waals surface area contributed by atoms with Crippen molar-refractivity contribution in [3.05, 3.63) is 123 Å². The standard InChI is InChI=1S/C33H27Cl2N3O5/c1-20(36-42-22(3)39)24-5-12-28(13-6-24)38(29-14-7-25(8-15-29)21(2)37-43-23(4)40)30-16-9-26(10-17-30)33(41)31-18-11-27(34)19-32(31)35/h5-19H,1-4H3/b36-20+,37-21?. The maximum atomic E-state index is 13.2. The Bertz CT molecular complexity index is 1640. The van der Waals surface area contributed by atoms with Crippen LogP contribution in [0.15, 0.2) is 101 Å². The monoisotopic (exact) mass is 615 g/mol. The molecule has 0 bridgehead atoms. The highest BCUT2D eigenvalue weighted by Gasteiger charge is 2.17. The molecule has 0 atom stereocenters. The normalized spacial score (nSPS) is 11.6. The molecule has 0 fully saturated rings. The van der Waals surface area contributed by atoms with Gasteiger partial charge in [-0.25, -0.2) is 9.59 Å². The number of hydrogen-bond acceptors (Lipinski definition) is 8. The molecule has 0 radical (unpaired) electrons.